The molecule has 1 atom stereocenters. The highest BCUT2D eigenvalue weighted by Gasteiger charge is 2.11. The third-order valence-electron chi connectivity index (χ3n) is 3.12. The first kappa shape index (κ1) is 15.9. The van der Waals surface area contributed by atoms with Gasteiger partial charge in [0.1, 0.15) is 0 Å². The number of benzene rings is 1. The van der Waals surface area contributed by atoms with E-state index in [1.54, 1.807) is 6.07 Å². The van der Waals surface area contributed by atoms with E-state index in [4.69, 9.17) is 4.74 Å². The van der Waals surface area contributed by atoms with Gasteiger partial charge in [0.05, 0.1) is 13.2 Å². The van der Waals surface area contributed by atoms with Crippen molar-refractivity contribution in [2.45, 2.75) is 33.2 Å². The van der Waals surface area contributed by atoms with Crippen LogP contribution in [-0.2, 0) is 6.42 Å². The molecule has 19 heavy (non-hydrogen) atoms. The molecule has 0 spiro atoms. The van der Waals surface area contributed by atoms with Gasteiger partial charge in [0.2, 0.25) is 0 Å². The average Bonchev–Trinajstić information content (AvgIpc) is 2.37. The van der Waals surface area contributed by atoms with Crippen molar-refractivity contribution in [1.29, 1.82) is 0 Å². The maximum atomic E-state index is 13.6. The van der Waals surface area contributed by atoms with Crippen molar-refractivity contribution >= 4 is 0 Å². The van der Waals surface area contributed by atoms with Crippen molar-refractivity contribution in [3.8, 4) is 5.75 Å². The Hall–Kier alpha value is -1.13. The number of aliphatic hydroxyl groups excluding tert-OH is 1. The Labute approximate surface area is 114 Å². The van der Waals surface area contributed by atoms with Crippen LogP contribution in [0.5, 0.6) is 5.75 Å². The molecular formula is C15H24FNO2. The van der Waals surface area contributed by atoms with E-state index >= 15 is 0 Å². The monoisotopic (exact) mass is 269 g/mol. The second-order valence-corrected chi connectivity index (χ2v) is 4.93. The number of rotatable bonds is 8. The van der Waals surface area contributed by atoms with Crippen LogP contribution in [0.25, 0.3) is 0 Å². The van der Waals surface area contributed by atoms with Gasteiger partial charge in [-0.3, -0.25) is 0 Å². The molecule has 3 nitrogen and oxygen atoms in total. The number of nitrogens with one attached hydrogen (secondary N) is 1. The minimum Gasteiger partial charge on any atom is -0.491 e. The highest BCUT2D eigenvalue weighted by Crippen LogP contribution is 2.18. The molecule has 1 unspecified atom stereocenters. The number of hydrogen-bond acceptors (Lipinski definition) is 3. The van der Waals surface area contributed by atoms with E-state index < -0.39 is 0 Å². The largest absolute Gasteiger partial charge is 0.491 e. The van der Waals surface area contributed by atoms with E-state index in [0.717, 1.165) is 18.5 Å². The number of hydrogen-bond donors (Lipinski definition) is 2. The van der Waals surface area contributed by atoms with Gasteiger partial charge in [-0.25, -0.2) is 4.39 Å². The van der Waals surface area contributed by atoms with Gasteiger partial charge in [-0.05, 0) is 43.5 Å². The van der Waals surface area contributed by atoms with Gasteiger partial charge < -0.3 is 15.2 Å². The summed E-state index contributed by atoms with van der Waals surface area (Å²) in [4.78, 5) is 0. The summed E-state index contributed by atoms with van der Waals surface area (Å²) in [6.45, 7) is 7.25. The molecule has 1 aromatic rings. The molecule has 0 heterocycles. The zero-order valence-corrected chi connectivity index (χ0v) is 11.9. The predicted octanol–water partition coefficient (Wildman–Crippen LogP) is 2.37. The zero-order valence-electron chi connectivity index (χ0n) is 11.9. The molecule has 1 rings (SSSR count). The van der Waals surface area contributed by atoms with Crippen molar-refractivity contribution in [3.05, 3.63) is 29.6 Å². The maximum absolute atomic E-state index is 13.6. The minimum absolute atomic E-state index is 0.0903. The Bertz CT molecular complexity index is 382. The summed E-state index contributed by atoms with van der Waals surface area (Å²) in [6.07, 6.45) is 0.729. The molecule has 0 saturated heterocycles. The van der Waals surface area contributed by atoms with E-state index in [2.05, 4.69) is 19.2 Å². The third-order valence-corrected chi connectivity index (χ3v) is 3.12. The fraction of sp³-hybridized carbons (Fsp3) is 0.600. The Morgan fingerprint density at radius 2 is 2.11 bits per heavy atom. The lowest BCUT2D eigenvalue weighted by Gasteiger charge is -2.19. The van der Waals surface area contributed by atoms with Crippen molar-refractivity contribution in [2.24, 2.45) is 5.92 Å². The smallest absolute Gasteiger partial charge is 0.165 e. The first-order valence-corrected chi connectivity index (χ1v) is 6.84. The van der Waals surface area contributed by atoms with E-state index in [1.165, 1.54) is 6.07 Å². The molecule has 4 heteroatoms. The molecule has 0 aliphatic carbocycles. The van der Waals surface area contributed by atoms with E-state index in [9.17, 15) is 9.50 Å². The van der Waals surface area contributed by atoms with Gasteiger partial charge in [0.25, 0.3) is 0 Å². The summed E-state index contributed by atoms with van der Waals surface area (Å²) in [5.74, 6) is 0.360. The van der Waals surface area contributed by atoms with Crippen molar-refractivity contribution in [3.63, 3.8) is 0 Å². The van der Waals surface area contributed by atoms with Crippen LogP contribution in [0.4, 0.5) is 4.39 Å². The van der Waals surface area contributed by atoms with Crippen LogP contribution >= 0.6 is 0 Å². The van der Waals surface area contributed by atoms with Gasteiger partial charge in [-0.15, -0.1) is 0 Å². The maximum Gasteiger partial charge on any atom is 0.165 e. The standard InChI is InChI=1S/C15H24FNO2/c1-4-19-15-6-5-12(9-13(15)16)7-8-17-14(10-18)11(2)3/h5-6,9,11,14,17-18H,4,7-8,10H2,1-3H3. The molecule has 2 N–H and O–H groups in total. The van der Waals surface area contributed by atoms with E-state index in [-0.39, 0.29) is 18.5 Å². The Kier molecular flexibility index (Phi) is 6.81. The normalized spacial score (nSPS) is 12.7. The fourth-order valence-corrected chi connectivity index (χ4v) is 1.89. The molecule has 108 valence electrons. The Morgan fingerprint density at radius 3 is 2.63 bits per heavy atom. The highest BCUT2D eigenvalue weighted by molar-refractivity contribution is 5.29. The van der Waals surface area contributed by atoms with E-state index in [0.29, 0.717) is 18.3 Å². The second-order valence-electron chi connectivity index (χ2n) is 4.93. The number of aliphatic hydroxyl groups is 1. The summed E-state index contributed by atoms with van der Waals surface area (Å²) in [6, 6.07) is 5.14. The van der Waals surface area contributed by atoms with Crippen molar-refractivity contribution < 1.29 is 14.2 Å². The lowest BCUT2D eigenvalue weighted by atomic mass is 10.0. The van der Waals surface area contributed by atoms with Gasteiger partial charge in [-0.2, -0.15) is 0 Å². The van der Waals surface area contributed by atoms with Crippen LogP contribution in [0, 0.1) is 11.7 Å². The van der Waals surface area contributed by atoms with Gasteiger partial charge in [0, 0.05) is 6.04 Å². The molecule has 1 aromatic carbocycles. The van der Waals surface area contributed by atoms with Crippen LogP contribution in [0.2, 0.25) is 0 Å². The molecule has 0 aliphatic heterocycles. The Morgan fingerprint density at radius 1 is 1.37 bits per heavy atom. The summed E-state index contributed by atoms with van der Waals surface area (Å²) < 4.78 is 18.8. The van der Waals surface area contributed by atoms with Crippen molar-refractivity contribution in [2.75, 3.05) is 19.8 Å². The lowest BCUT2D eigenvalue weighted by Crippen LogP contribution is -2.38. The highest BCUT2D eigenvalue weighted by atomic mass is 19.1. The lowest BCUT2D eigenvalue weighted by molar-refractivity contribution is 0.212. The third kappa shape index (κ3) is 5.17. The van der Waals surface area contributed by atoms with Crippen LogP contribution in [0.1, 0.15) is 26.3 Å². The van der Waals surface area contributed by atoms with Crippen LogP contribution in [0.3, 0.4) is 0 Å². The van der Waals surface area contributed by atoms with Gasteiger partial charge >= 0.3 is 0 Å². The molecule has 0 aliphatic rings. The number of ether oxygens (including phenoxy) is 1. The predicted molar refractivity (Wildman–Crippen MR) is 75.0 cm³/mol. The van der Waals surface area contributed by atoms with E-state index in [1.807, 2.05) is 13.0 Å². The summed E-state index contributed by atoms with van der Waals surface area (Å²) in [5, 5.41) is 12.5. The minimum atomic E-state index is -0.318. The van der Waals surface area contributed by atoms with Gasteiger partial charge in [-0.1, -0.05) is 19.9 Å². The van der Waals surface area contributed by atoms with Crippen LogP contribution < -0.4 is 10.1 Å². The quantitative estimate of drug-likeness (QED) is 0.761. The summed E-state index contributed by atoms with van der Waals surface area (Å²) in [5.41, 5.74) is 0.925. The second kappa shape index (κ2) is 8.12. The van der Waals surface area contributed by atoms with Crippen LogP contribution in [0.15, 0.2) is 18.2 Å². The molecule has 0 aromatic heterocycles. The molecule has 0 bridgehead atoms. The molecule has 0 amide bonds. The van der Waals surface area contributed by atoms with Crippen molar-refractivity contribution in [1.82, 2.24) is 5.32 Å². The fourth-order valence-electron chi connectivity index (χ4n) is 1.89. The SMILES string of the molecule is CCOc1ccc(CCNC(CO)C(C)C)cc1F. The Balaban J connectivity index is 2.47. The molecular weight excluding hydrogens is 245 g/mol. The van der Waals surface area contributed by atoms with Crippen LogP contribution in [-0.4, -0.2) is 30.9 Å². The summed E-state index contributed by atoms with van der Waals surface area (Å²) in [7, 11) is 0. The molecule has 0 saturated carbocycles. The van der Waals surface area contributed by atoms with Gasteiger partial charge in [0.15, 0.2) is 11.6 Å². The topological polar surface area (TPSA) is 41.5 Å². The zero-order chi connectivity index (χ0) is 14.3. The molecule has 0 radical (unpaired) electrons. The first-order chi connectivity index (χ1) is 9.08. The number of halogens is 1. The first-order valence-electron chi connectivity index (χ1n) is 6.84. The molecule has 0 fully saturated rings. The average molecular weight is 269 g/mol. The summed E-state index contributed by atoms with van der Waals surface area (Å²) >= 11 is 0.